The largest absolute Gasteiger partial charge is 0.327 e. The molecule has 4 aromatic carbocycles. The Kier molecular flexibility index (Phi) is 4.25. The van der Waals surface area contributed by atoms with Gasteiger partial charge in [0.15, 0.2) is 0 Å². The lowest BCUT2D eigenvalue weighted by Gasteiger charge is -2.10. The number of aryl methyl sites for hydroxylation is 1. The molecule has 0 aliphatic carbocycles. The second-order valence-corrected chi connectivity index (χ2v) is 7.49. The maximum Gasteiger partial charge on any atom is 0.140 e. The normalized spacial score (nSPS) is 11.1. The van der Waals surface area contributed by atoms with Crippen LogP contribution in [0.2, 0.25) is 0 Å². The first-order chi connectivity index (χ1) is 14.2. The Morgan fingerprint density at radius 1 is 0.621 bits per heavy atom. The number of rotatable bonds is 3. The maximum absolute atomic E-state index is 5.10. The van der Waals surface area contributed by atoms with Crippen LogP contribution in [-0.2, 0) is 7.05 Å². The second kappa shape index (κ2) is 7.06. The zero-order valence-electron chi connectivity index (χ0n) is 16.6. The molecule has 0 atom stereocenters. The summed E-state index contributed by atoms with van der Waals surface area (Å²) in [5.41, 5.74) is 6.83. The minimum absolute atomic E-state index is 0.979. The molecule has 0 radical (unpaired) electrons. The summed E-state index contributed by atoms with van der Waals surface area (Å²) in [4.78, 5) is 5.10. The summed E-state index contributed by atoms with van der Waals surface area (Å²) >= 11 is 0. The van der Waals surface area contributed by atoms with Gasteiger partial charge in [-0.05, 0) is 23.8 Å². The monoisotopic (exact) mass is 374 g/mol. The molecule has 5 rings (SSSR count). The summed E-state index contributed by atoms with van der Waals surface area (Å²) in [6.45, 7) is 2.11. The Morgan fingerprint density at radius 2 is 1.28 bits per heavy atom. The van der Waals surface area contributed by atoms with Gasteiger partial charge in [0.2, 0.25) is 0 Å². The highest BCUT2D eigenvalue weighted by Crippen LogP contribution is 2.36. The molecule has 5 aromatic rings. The zero-order valence-corrected chi connectivity index (χ0v) is 16.6. The quantitative estimate of drug-likeness (QED) is 0.336. The second-order valence-electron chi connectivity index (χ2n) is 7.49. The molecule has 29 heavy (non-hydrogen) atoms. The Hall–Kier alpha value is -3.65. The minimum Gasteiger partial charge on any atom is -0.327 e. The van der Waals surface area contributed by atoms with E-state index >= 15 is 0 Å². The number of hydrogen-bond acceptors (Lipinski definition) is 1. The molecule has 1 aromatic heterocycles. The molecule has 0 amide bonds. The van der Waals surface area contributed by atoms with Crippen LogP contribution < -0.4 is 0 Å². The van der Waals surface area contributed by atoms with Crippen molar-refractivity contribution in [3.8, 4) is 33.9 Å². The molecule has 0 fully saturated rings. The lowest BCUT2D eigenvalue weighted by atomic mass is 10.0. The maximum atomic E-state index is 5.10. The van der Waals surface area contributed by atoms with E-state index in [4.69, 9.17) is 4.98 Å². The molecule has 0 bridgehead atoms. The number of benzene rings is 4. The molecule has 0 aliphatic heterocycles. The van der Waals surface area contributed by atoms with Gasteiger partial charge in [0.1, 0.15) is 5.82 Å². The van der Waals surface area contributed by atoms with E-state index in [9.17, 15) is 0 Å². The van der Waals surface area contributed by atoms with E-state index in [2.05, 4.69) is 110 Å². The average molecular weight is 374 g/mol. The molecular weight excluding hydrogens is 352 g/mol. The SMILES string of the molecule is Cc1ccc(-c2nc(-c3ccccc3)c(-c3ccc4ccccc4c3)n2C)cc1. The molecule has 140 valence electrons. The first-order valence-corrected chi connectivity index (χ1v) is 9.89. The smallest absolute Gasteiger partial charge is 0.140 e. The summed E-state index contributed by atoms with van der Waals surface area (Å²) in [6.07, 6.45) is 0. The molecule has 0 spiro atoms. The summed E-state index contributed by atoms with van der Waals surface area (Å²) in [7, 11) is 2.11. The number of nitrogens with zero attached hydrogens (tertiary/aromatic N) is 2. The average Bonchev–Trinajstić information content (AvgIpc) is 3.11. The van der Waals surface area contributed by atoms with Gasteiger partial charge in [-0.25, -0.2) is 4.98 Å². The standard InChI is InChI=1S/C27H22N2/c1-19-12-14-22(15-13-19)27-28-25(21-9-4-3-5-10-21)26(29(27)2)24-17-16-20-8-6-7-11-23(20)18-24/h3-18H,1-2H3. The van der Waals surface area contributed by atoms with E-state index in [0.29, 0.717) is 0 Å². The third-order valence-corrected chi connectivity index (χ3v) is 5.48. The van der Waals surface area contributed by atoms with Gasteiger partial charge in [0.05, 0.1) is 11.4 Å². The summed E-state index contributed by atoms with van der Waals surface area (Å²) in [5, 5.41) is 2.49. The Morgan fingerprint density at radius 3 is 2.03 bits per heavy atom. The first-order valence-electron chi connectivity index (χ1n) is 9.89. The molecule has 0 N–H and O–H groups in total. The van der Waals surface area contributed by atoms with Gasteiger partial charge in [-0.1, -0.05) is 96.6 Å². The predicted octanol–water partition coefficient (Wildman–Crippen LogP) is 6.88. The van der Waals surface area contributed by atoms with Crippen molar-refractivity contribution in [1.29, 1.82) is 0 Å². The molecule has 0 unspecified atom stereocenters. The van der Waals surface area contributed by atoms with Crippen LogP contribution in [0.4, 0.5) is 0 Å². The zero-order chi connectivity index (χ0) is 19.8. The van der Waals surface area contributed by atoms with Gasteiger partial charge in [-0.2, -0.15) is 0 Å². The van der Waals surface area contributed by atoms with Gasteiger partial charge >= 0.3 is 0 Å². The van der Waals surface area contributed by atoms with Crippen LogP contribution in [0.15, 0.2) is 97.1 Å². The highest BCUT2D eigenvalue weighted by atomic mass is 15.1. The van der Waals surface area contributed by atoms with E-state index < -0.39 is 0 Å². The lowest BCUT2D eigenvalue weighted by Crippen LogP contribution is -1.96. The molecule has 0 aliphatic rings. The first kappa shape index (κ1) is 17.4. The highest BCUT2D eigenvalue weighted by Gasteiger charge is 2.19. The van der Waals surface area contributed by atoms with Crippen LogP contribution in [0, 0.1) is 6.92 Å². The van der Waals surface area contributed by atoms with Crippen molar-refractivity contribution >= 4 is 10.8 Å². The third-order valence-electron chi connectivity index (χ3n) is 5.48. The highest BCUT2D eigenvalue weighted by molar-refractivity contribution is 5.90. The summed E-state index contributed by atoms with van der Waals surface area (Å²) in [5.74, 6) is 0.979. The van der Waals surface area contributed by atoms with Crippen molar-refractivity contribution in [3.05, 3.63) is 103 Å². The van der Waals surface area contributed by atoms with Crippen molar-refractivity contribution in [2.24, 2.45) is 7.05 Å². The molecular formula is C27H22N2. The fourth-order valence-corrected chi connectivity index (χ4v) is 3.92. The summed E-state index contributed by atoms with van der Waals surface area (Å²) in [6, 6.07) is 34.2. The Balaban J connectivity index is 1.77. The number of fused-ring (bicyclic) bond motifs is 1. The van der Waals surface area contributed by atoms with Crippen LogP contribution in [0.5, 0.6) is 0 Å². The summed E-state index contributed by atoms with van der Waals surface area (Å²) < 4.78 is 2.22. The third kappa shape index (κ3) is 3.13. The Bertz CT molecular complexity index is 1300. The van der Waals surface area contributed by atoms with Crippen LogP contribution in [0.1, 0.15) is 5.56 Å². The molecule has 0 saturated carbocycles. The van der Waals surface area contributed by atoms with Crippen molar-refractivity contribution in [1.82, 2.24) is 9.55 Å². The van der Waals surface area contributed by atoms with Gasteiger partial charge in [-0.3, -0.25) is 0 Å². The molecule has 0 saturated heterocycles. The molecule has 1 heterocycles. The van der Waals surface area contributed by atoms with Gasteiger partial charge < -0.3 is 4.57 Å². The van der Waals surface area contributed by atoms with E-state index in [-0.39, 0.29) is 0 Å². The topological polar surface area (TPSA) is 17.8 Å². The predicted molar refractivity (Wildman–Crippen MR) is 122 cm³/mol. The van der Waals surface area contributed by atoms with Crippen LogP contribution in [0.3, 0.4) is 0 Å². The van der Waals surface area contributed by atoms with Crippen molar-refractivity contribution in [3.63, 3.8) is 0 Å². The van der Waals surface area contributed by atoms with Crippen LogP contribution in [0.25, 0.3) is 44.7 Å². The van der Waals surface area contributed by atoms with Crippen molar-refractivity contribution in [2.45, 2.75) is 6.92 Å². The Labute approximate surface area is 171 Å². The number of imidazole rings is 1. The van der Waals surface area contributed by atoms with Gasteiger partial charge in [0.25, 0.3) is 0 Å². The van der Waals surface area contributed by atoms with E-state index in [0.717, 1.165) is 28.3 Å². The molecule has 2 nitrogen and oxygen atoms in total. The minimum atomic E-state index is 0.979. The van der Waals surface area contributed by atoms with Gasteiger partial charge in [-0.15, -0.1) is 0 Å². The number of aromatic nitrogens is 2. The van der Waals surface area contributed by atoms with Gasteiger partial charge in [0, 0.05) is 23.7 Å². The fourth-order valence-electron chi connectivity index (χ4n) is 3.92. The van der Waals surface area contributed by atoms with Crippen molar-refractivity contribution in [2.75, 3.05) is 0 Å². The van der Waals surface area contributed by atoms with E-state index in [1.807, 2.05) is 6.07 Å². The molecule has 2 heteroatoms. The number of hydrogen-bond donors (Lipinski definition) is 0. The fraction of sp³-hybridized carbons (Fsp3) is 0.0741. The van der Waals surface area contributed by atoms with E-state index in [1.54, 1.807) is 0 Å². The van der Waals surface area contributed by atoms with Crippen LogP contribution in [-0.4, -0.2) is 9.55 Å². The van der Waals surface area contributed by atoms with Crippen molar-refractivity contribution < 1.29 is 0 Å². The van der Waals surface area contributed by atoms with E-state index in [1.165, 1.54) is 21.9 Å². The lowest BCUT2D eigenvalue weighted by molar-refractivity contribution is 0.933. The van der Waals surface area contributed by atoms with Crippen LogP contribution >= 0.6 is 0 Å².